The van der Waals surface area contributed by atoms with Gasteiger partial charge in [-0.1, -0.05) is 105 Å². The van der Waals surface area contributed by atoms with Gasteiger partial charge in [-0.15, -0.1) is 11.3 Å². The van der Waals surface area contributed by atoms with Crippen LogP contribution in [0.4, 0.5) is 11.4 Å². The van der Waals surface area contributed by atoms with E-state index in [1.807, 2.05) is 56.4 Å². The second kappa shape index (κ2) is 11.7. The predicted octanol–water partition coefficient (Wildman–Crippen LogP) is 9.14. The van der Waals surface area contributed by atoms with Gasteiger partial charge >= 0.3 is 0 Å². The summed E-state index contributed by atoms with van der Waals surface area (Å²) in [5, 5.41) is 2.54. The number of hydrazine groups is 1. The summed E-state index contributed by atoms with van der Waals surface area (Å²) >= 11 is 1.83. The van der Waals surface area contributed by atoms with Crippen LogP contribution in [0.15, 0.2) is 116 Å². The van der Waals surface area contributed by atoms with Crippen molar-refractivity contribution in [3.63, 3.8) is 0 Å². The molecule has 0 radical (unpaired) electrons. The van der Waals surface area contributed by atoms with Crippen LogP contribution in [0.5, 0.6) is 0 Å². The first-order valence-corrected chi connectivity index (χ1v) is 13.2. The molecular formula is C32H33N3S. The van der Waals surface area contributed by atoms with E-state index in [2.05, 4.69) is 102 Å². The Hall–Kier alpha value is -3.86. The molecule has 36 heavy (non-hydrogen) atoms. The lowest BCUT2D eigenvalue weighted by Gasteiger charge is -2.33. The van der Waals surface area contributed by atoms with Crippen LogP contribution in [0, 0.1) is 0 Å². The van der Waals surface area contributed by atoms with Crippen molar-refractivity contribution in [2.24, 2.45) is 5.84 Å². The fourth-order valence-corrected chi connectivity index (χ4v) is 5.77. The van der Waals surface area contributed by atoms with Crippen LogP contribution in [-0.2, 0) is 0 Å². The number of nitrogens with two attached hydrogens (primary N) is 1. The summed E-state index contributed by atoms with van der Waals surface area (Å²) in [6.45, 7) is 10.4. The highest BCUT2D eigenvalue weighted by Crippen LogP contribution is 2.46. The van der Waals surface area contributed by atoms with E-state index in [4.69, 9.17) is 5.84 Å². The number of anilines is 2. The van der Waals surface area contributed by atoms with Crippen molar-refractivity contribution in [2.45, 2.75) is 26.8 Å². The Morgan fingerprint density at radius 1 is 0.944 bits per heavy atom. The molecule has 0 saturated heterocycles. The molecule has 3 N–H and O–H groups in total. The summed E-state index contributed by atoms with van der Waals surface area (Å²) in [6.07, 6.45) is 16.8. The van der Waals surface area contributed by atoms with E-state index in [1.165, 1.54) is 20.2 Å². The third kappa shape index (κ3) is 4.78. The maximum atomic E-state index is 5.94. The van der Waals surface area contributed by atoms with Crippen LogP contribution in [0.3, 0.4) is 0 Å². The van der Waals surface area contributed by atoms with E-state index in [1.54, 1.807) is 0 Å². The van der Waals surface area contributed by atoms with Crippen molar-refractivity contribution in [1.82, 2.24) is 0 Å². The van der Waals surface area contributed by atoms with Crippen LogP contribution < -0.4 is 16.2 Å². The molecule has 0 aliphatic carbocycles. The zero-order valence-corrected chi connectivity index (χ0v) is 21.9. The van der Waals surface area contributed by atoms with Crippen LogP contribution in [0.2, 0.25) is 0 Å². The molecule has 0 spiro atoms. The molecule has 3 nitrogen and oxygen atoms in total. The quantitative estimate of drug-likeness (QED) is 0.166. The van der Waals surface area contributed by atoms with E-state index in [9.17, 15) is 0 Å². The first-order valence-electron chi connectivity index (χ1n) is 12.3. The van der Waals surface area contributed by atoms with Crippen molar-refractivity contribution in [3.05, 3.63) is 127 Å². The fraction of sp³-hybridized carbons (Fsp3) is 0.125. The number of hydrogen-bond acceptors (Lipinski definition) is 4. The molecule has 0 bridgehead atoms. The molecule has 0 amide bonds. The third-order valence-electron chi connectivity index (χ3n) is 6.11. The summed E-state index contributed by atoms with van der Waals surface area (Å²) < 4.78 is 2.53. The summed E-state index contributed by atoms with van der Waals surface area (Å²) in [4.78, 5) is 2.35. The molecule has 3 aromatic carbocycles. The fourth-order valence-electron chi connectivity index (χ4n) is 4.51. The Kier molecular flexibility index (Phi) is 8.21. The van der Waals surface area contributed by atoms with E-state index in [-0.39, 0.29) is 6.04 Å². The number of nitrogen functional groups attached to an aromatic ring is 1. The van der Waals surface area contributed by atoms with Crippen molar-refractivity contribution >= 4 is 48.5 Å². The first-order chi connectivity index (χ1) is 17.7. The Balaban J connectivity index is 0.00000148. The molecule has 1 atom stereocenters. The zero-order chi connectivity index (χ0) is 25.5. The molecular weight excluding hydrogens is 458 g/mol. The van der Waals surface area contributed by atoms with E-state index in [0.29, 0.717) is 0 Å². The maximum Gasteiger partial charge on any atom is 0.0793 e. The van der Waals surface area contributed by atoms with Crippen LogP contribution in [-0.4, -0.2) is 0 Å². The van der Waals surface area contributed by atoms with E-state index in [0.717, 1.165) is 28.1 Å². The Morgan fingerprint density at radius 3 is 2.53 bits per heavy atom. The molecule has 4 aromatic rings. The summed E-state index contributed by atoms with van der Waals surface area (Å²) in [5.41, 5.74) is 8.16. The minimum absolute atomic E-state index is 0.0893. The summed E-state index contributed by atoms with van der Waals surface area (Å²) in [6, 6.07) is 21.2. The van der Waals surface area contributed by atoms with Gasteiger partial charge < -0.3 is 10.3 Å². The average molecular weight is 492 g/mol. The lowest BCUT2D eigenvalue weighted by Crippen LogP contribution is -2.25. The van der Waals surface area contributed by atoms with Gasteiger partial charge in [0.25, 0.3) is 0 Å². The van der Waals surface area contributed by atoms with Crippen molar-refractivity contribution in [1.29, 1.82) is 0 Å². The van der Waals surface area contributed by atoms with Gasteiger partial charge in [0.05, 0.1) is 22.1 Å². The lowest BCUT2D eigenvalue weighted by molar-refractivity contribution is 0.846. The first kappa shape index (κ1) is 25.2. The number of rotatable bonds is 5. The van der Waals surface area contributed by atoms with Gasteiger partial charge in [-0.2, -0.15) is 0 Å². The Bertz CT molecular complexity index is 1490. The van der Waals surface area contributed by atoms with E-state index < -0.39 is 0 Å². The average Bonchev–Trinajstić information content (AvgIpc) is 3.30. The minimum Gasteiger partial charge on any atom is -0.335 e. The second-order valence-electron chi connectivity index (χ2n) is 8.16. The molecule has 1 unspecified atom stereocenters. The minimum atomic E-state index is -0.0893. The van der Waals surface area contributed by atoms with Crippen LogP contribution >= 0.6 is 11.3 Å². The number of hydrogen-bond donors (Lipinski definition) is 2. The van der Waals surface area contributed by atoms with Crippen molar-refractivity contribution in [3.8, 4) is 0 Å². The topological polar surface area (TPSA) is 41.3 Å². The number of allylic oxidation sites excluding steroid dienone is 7. The van der Waals surface area contributed by atoms with Crippen molar-refractivity contribution < 1.29 is 0 Å². The smallest absolute Gasteiger partial charge is 0.0793 e. The molecule has 4 heteroatoms. The Labute approximate surface area is 218 Å². The van der Waals surface area contributed by atoms with E-state index >= 15 is 0 Å². The number of nitrogens with one attached hydrogen (secondary N) is 1. The molecule has 1 aliphatic rings. The molecule has 1 aliphatic heterocycles. The largest absolute Gasteiger partial charge is 0.335 e. The van der Waals surface area contributed by atoms with Gasteiger partial charge in [0.1, 0.15) is 0 Å². The van der Waals surface area contributed by atoms with Gasteiger partial charge in [0.15, 0.2) is 0 Å². The van der Waals surface area contributed by atoms with Gasteiger partial charge in [-0.05, 0) is 30.7 Å². The molecule has 0 fully saturated rings. The SMILES string of the molecule is C=C1/C=C\C=C/N(C(/C=C\C=C/C)c2ccccc2NN)c2c1ccc1c2sc2ccccc21.CC. The molecule has 1 aromatic heterocycles. The normalized spacial score (nSPS) is 15.9. The van der Waals surface area contributed by atoms with Gasteiger partial charge in [0.2, 0.25) is 0 Å². The van der Waals surface area contributed by atoms with Gasteiger partial charge in [-0.25, -0.2) is 0 Å². The molecule has 5 rings (SSSR count). The Morgan fingerprint density at radius 2 is 1.72 bits per heavy atom. The standard InChI is InChI=1S/C30H27N3S.C2H6/c1-3-4-5-16-27(25-14-6-8-15-26(25)32-31)33-20-11-10-12-21(2)22-18-19-24-23-13-7-9-17-28(23)34-30(24)29(22)33;1-2/h3-20,27,32H,2,31H2,1H3;1-2H3/b4-3-,12-10-,16-5-,20-11-;. The molecule has 2 heterocycles. The summed E-state index contributed by atoms with van der Waals surface area (Å²) in [5.74, 6) is 5.94. The highest BCUT2D eigenvalue weighted by molar-refractivity contribution is 7.26. The maximum absolute atomic E-state index is 5.94. The highest BCUT2D eigenvalue weighted by atomic mass is 32.1. The number of nitrogens with zero attached hydrogens (tertiary/aromatic N) is 1. The number of para-hydroxylation sites is 1. The van der Waals surface area contributed by atoms with Crippen LogP contribution in [0.25, 0.3) is 25.7 Å². The van der Waals surface area contributed by atoms with Crippen LogP contribution in [0.1, 0.15) is 37.9 Å². The number of benzene rings is 3. The third-order valence-corrected chi connectivity index (χ3v) is 7.30. The molecule has 182 valence electrons. The molecule has 0 saturated carbocycles. The lowest BCUT2D eigenvalue weighted by atomic mass is 9.96. The van der Waals surface area contributed by atoms with Crippen molar-refractivity contribution in [2.75, 3.05) is 10.3 Å². The van der Waals surface area contributed by atoms with Gasteiger partial charge in [0, 0.05) is 32.8 Å². The monoisotopic (exact) mass is 491 g/mol. The number of fused-ring (bicyclic) bond motifs is 5. The zero-order valence-electron chi connectivity index (χ0n) is 21.1. The highest BCUT2D eigenvalue weighted by Gasteiger charge is 2.25. The second-order valence-corrected chi connectivity index (χ2v) is 9.21. The van der Waals surface area contributed by atoms with Gasteiger partial charge in [-0.3, -0.25) is 5.84 Å². The predicted molar refractivity (Wildman–Crippen MR) is 161 cm³/mol. The summed E-state index contributed by atoms with van der Waals surface area (Å²) in [7, 11) is 0. The number of thiophene rings is 1.